The lowest BCUT2D eigenvalue weighted by Crippen LogP contribution is -2.51. The fraction of sp³-hybridized carbons (Fsp3) is 0.176. The summed E-state index contributed by atoms with van der Waals surface area (Å²) in [4.78, 5) is 18.7. The summed E-state index contributed by atoms with van der Waals surface area (Å²) in [6.45, 7) is 2.77. The van der Waals surface area contributed by atoms with Crippen LogP contribution in [0.25, 0.3) is 21.8 Å². The van der Waals surface area contributed by atoms with Gasteiger partial charge in [0.05, 0.1) is 22.6 Å². The summed E-state index contributed by atoms with van der Waals surface area (Å²) >= 11 is 0. The fourth-order valence-electron chi connectivity index (χ4n) is 2.91. The monoisotopic (exact) mass is 262 g/mol. The van der Waals surface area contributed by atoms with Crippen LogP contribution in [0.2, 0.25) is 0 Å². The predicted molar refractivity (Wildman–Crippen MR) is 80.8 cm³/mol. The van der Waals surface area contributed by atoms with Crippen molar-refractivity contribution in [2.24, 2.45) is 5.92 Å². The van der Waals surface area contributed by atoms with Gasteiger partial charge in [-0.05, 0) is 12.1 Å². The van der Waals surface area contributed by atoms with Crippen molar-refractivity contribution in [3.8, 4) is 0 Å². The molecule has 3 heteroatoms. The maximum atomic E-state index is 12.2. The number of aromatic nitrogens is 1. The number of benzene rings is 2. The highest BCUT2D eigenvalue weighted by atomic mass is 16.2. The Bertz CT molecular complexity index is 787. The lowest BCUT2D eigenvalue weighted by Gasteiger charge is -2.37. The van der Waals surface area contributed by atoms with Crippen molar-refractivity contribution in [2.45, 2.75) is 6.92 Å². The zero-order valence-electron chi connectivity index (χ0n) is 11.2. The van der Waals surface area contributed by atoms with E-state index in [0.717, 1.165) is 34.0 Å². The molecule has 1 aromatic heterocycles. The van der Waals surface area contributed by atoms with Crippen molar-refractivity contribution in [3.05, 3.63) is 48.5 Å². The molecule has 0 saturated carbocycles. The molecule has 1 atom stereocenters. The number of para-hydroxylation sites is 2. The smallest absolute Gasteiger partial charge is 0.231 e. The molecule has 98 valence electrons. The lowest BCUT2D eigenvalue weighted by molar-refractivity contribution is -0.126. The predicted octanol–water partition coefficient (Wildman–Crippen LogP) is 3.37. The largest absolute Gasteiger partial charge is 0.310 e. The number of fused-ring (bicyclic) bond motifs is 2. The van der Waals surface area contributed by atoms with Crippen LogP contribution in [0.15, 0.2) is 48.5 Å². The average molecular weight is 262 g/mol. The lowest BCUT2D eigenvalue weighted by atomic mass is 9.97. The molecule has 1 amide bonds. The molecule has 3 nitrogen and oxygen atoms in total. The number of rotatable bonds is 1. The maximum absolute atomic E-state index is 12.2. The van der Waals surface area contributed by atoms with Crippen LogP contribution in [0.1, 0.15) is 6.92 Å². The molecule has 1 aliphatic heterocycles. The Morgan fingerprint density at radius 1 is 1.00 bits per heavy atom. The molecule has 2 aromatic carbocycles. The van der Waals surface area contributed by atoms with Crippen molar-refractivity contribution in [1.29, 1.82) is 0 Å². The first-order valence-corrected chi connectivity index (χ1v) is 6.84. The van der Waals surface area contributed by atoms with Gasteiger partial charge < -0.3 is 4.90 Å². The fourth-order valence-corrected chi connectivity index (χ4v) is 2.91. The Morgan fingerprint density at radius 3 is 2.05 bits per heavy atom. The summed E-state index contributed by atoms with van der Waals surface area (Å²) < 4.78 is 0. The molecule has 0 N–H and O–H groups in total. The number of hydrogen-bond donors (Lipinski definition) is 0. The molecule has 1 aliphatic rings. The van der Waals surface area contributed by atoms with Crippen molar-refractivity contribution in [3.63, 3.8) is 0 Å². The van der Waals surface area contributed by atoms with Crippen molar-refractivity contribution in [2.75, 3.05) is 11.4 Å². The van der Waals surface area contributed by atoms with Crippen LogP contribution < -0.4 is 4.90 Å². The van der Waals surface area contributed by atoms with E-state index in [0.29, 0.717) is 0 Å². The molecular weight excluding hydrogens is 248 g/mol. The minimum Gasteiger partial charge on any atom is -0.310 e. The van der Waals surface area contributed by atoms with Crippen LogP contribution in [0.5, 0.6) is 0 Å². The normalized spacial score (nSPS) is 18.6. The van der Waals surface area contributed by atoms with Gasteiger partial charge in [0.15, 0.2) is 0 Å². The van der Waals surface area contributed by atoms with E-state index in [4.69, 9.17) is 0 Å². The quantitative estimate of drug-likeness (QED) is 0.497. The number of pyridine rings is 1. The molecular formula is C17H14N2O. The van der Waals surface area contributed by atoms with Gasteiger partial charge in [-0.15, -0.1) is 0 Å². The molecule has 0 radical (unpaired) electrons. The summed E-state index contributed by atoms with van der Waals surface area (Å²) in [7, 11) is 0. The Labute approximate surface area is 116 Å². The number of anilines is 1. The number of carbonyl (C=O) groups is 1. The van der Waals surface area contributed by atoms with Crippen LogP contribution in [0.3, 0.4) is 0 Å². The van der Waals surface area contributed by atoms with E-state index in [2.05, 4.69) is 4.98 Å². The highest BCUT2D eigenvalue weighted by molar-refractivity contribution is 6.16. The third kappa shape index (κ3) is 1.46. The Morgan fingerprint density at radius 2 is 1.55 bits per heavy atom. The Kier molecular flexibility index (Phi) is 2.30. The molecule has 4 rings (SSSR count). The number of nitrogens with zero attached hydrogens (tertiary/aromatic N) is 2. The number of carbonyl (C=O) groups excluding carboxylic acids is 1. The summed E-state index contributed by atoms with van der Waals surface area (Å²) in [6.07, 6.45) is 0. The second kappa shape index (κ2) is 4.04. The highest BCUT2D eigenvalue weighted by Gasteiger charge is 2.35. The molecule has 0 bridgehead atoms. The van der Waals surface area contributed by atoms with Crippen LogP contribution >= 0.6 is 0 Å². The van der Waals surface area contributed by atoms with Gasteiger partial charge in [0.1, 0.15) is 0 Å². The zero-order chi connectivity index (χ0) is 13.7. The third-order valence-corrected chi connectivity index (χ3v) is 3.97. The topological polar surface area (TPSA) is 33.2 Å². The third-order valence-electron chi connectivity index (χ3n) is 3.97. The van der Waals surface area contributed by atoms with E-state index >= 15 is 0 Å². The SMILES string of the molecule is CC1CN(c2c3ccccc3nc3ccccc23)C1=O. The van der Waals surface area contributed by atoms with Gasteiger partial charge in [0, 0.05) is 17.3 Å². The molecule has 3 aromatic rings. The molecule has 0 spiro atoms. The summed E-state index contributed by atoms with van der Waals surface area (Å²) in [5.41, 5.74) is 2.89. The molecule has 1 saturated heterocycles. The molecule has 1 unspecified atom stereocenters. The van der Waals surface area contributed by atoms with Crippen molar-refractivity contribution >= 4 is 33.4 Å². The summed E-state index contributed by atoms with van der Waals surface area (Å²) in [6, 6.07) is 16.0. The maximum Gasteiger partial charge on any atom is 0.231 e. The molecule has 20 heavy (non-hydrogen) atoms. The summed E-state index contributed by atoms with van der Waals surface area (Å²) in [5, 5.41) is 2.10. The van der Waals surface area contributed by atoms with Crippen molar-refractivity contribution < 1.29 is 4.79 Å². The van der Waals surface area contributed by atoms with E-state index in [1.807, 2.05) is 60.4 Å². The zero-order valence-corrected chi connectivity index (χ0v) is 11.2. The highest BCUT2D eigenvalue weighted by Crippen LogP contribution is 2.37. The van der Waals surface area contributed by atoms with E-state index in [1.54, 1.807) is 0 Å². The van der Waals surface area contributed by atoms with E-state index < -0.39 is 0 Å². The average Bonchev–Trinajstić information content (AvgIpc) is 2.50. The van der Waals surface area contributed by atoms with Crippen LogP contribution in [0, 0.1) is 5.92 Å². The van der Waals surface area contributed by atoms with E-state index in [1.165, 1.54) is 0 Å². The van der Waals surface area contributed by atoms with Gasteiger partial charge in [0.2, 0.25) is 5.91 Å². The van der Waals surface area contributed by atoms with Gasteiger partial charge in [-0.2, -0.15) is 0 Å². The number of amides is 1. The molecule has 1 fully saturated rings. The van der Waals surface area contributed by atoms with E-state index in [-0.39, 0.29) is 11.8 Å². The van der Waals surface area contributed by atoms with Crippen LogP contribution in [0.4, 0.5) is 5.69 Å². The van der Waals surface area contributed by atoms with Gasteiger partial charge in [-0.25, -0.2) is 4.98 Å². The second-order valence-electron chi connectivity index (χ2n) is 5.34. The minimum absolute atomic E-state index is 0.126. The Hall–Kier alpha value is -2.42. The van der Waals surface area contributed by atoms with Gasteiger partial charge in [-0.3, -0.25) is 4.79 Å². The minimum atomic E-state index is 0.126. The standard InChI is InChI=1S/C17H14N2O/c1-11-10-19(17(11)20)16-12-6-2-4-8-14(12)18-15-9-5-3-7-13(15)16/h2-9,11H,10H2,1H3. The van der Waals surface area contributed by atoms with Crippen molar-refractivity contribution in [1.82, 2.24) is 4.98 Å². The van der Waals surface area contributed by atoms with E-state index in [9.17, 15) is 4.79 Å². The summed E-state index contributed by atoms with van der Waals surface area (Å²) in [5.74, 6) is 0.326. The van der Waals surface area contributed by atoms with Crippen LogP contribution in [-0.2, 0) is 4.79 Å². The second-order valence-corrected chi connectivity index (χ2v) is 5.34. The molecule has 2 heterocycles. The molecule has 0 aliphatic carbocycles. The first-order valence-electron chi connectivity index (χ1n) is 6.84. The number of hydrogen-bond acceptors (Lipinski definition) is 2. The number of β-lactam (4-membered cyclic amide) rings is 1. The first kappa shape index (κ1) is 11.4. The van der Waals surface area contributed by atoms with Crippen LogP contribution in [-0.4, -0.2) is 17.4 Å². The van der Waals surface area contributed by atoms with Gasteiger partial charge in [-0.1, -0.05) is 43.3 Å². The van der Waals surface area contributed by atoms with Gasteiger partial charge >= 0.3 is 0 Å². The first-order chi connectivity index (χ1) is 9.75. The Balaban J connectivity index is 2.10. The van der Waals surface area contributed by atoms with Gasteiger partial charge in [0.25, 0.3) is 0 Å².